The number of aliphatic hydroxyl groups is 1. The third-order valence-electron chi connectivity index (χ3n) is 4.00. The molecule has 1 N–H and O–H groups in total. The van der Waals surface area contributed by atoms with Gasteiger partial charge < -0.3 is 5.11 Å². The van der Waals surface area contributed by atoms with E-state index in [0.29, 0.717) is 0 Å². The maximum Gasteiger partial charge on any atom is 0.0795 e. The van der Waals surface area contributed by atoms with Crippen molar-refractivity contribution in [3.63, 3.8) is 0 Å². The topological polar surface area (TPSA) is 20.2 Å². The van der Waals surface area contributed by atoms with Crippen LogP contribution in [0.2, 0.25) is 0 Å². The largest absolute Gasteiger partial charge is 0.388 e. The van der Waals surface area contributed by atoms with Gasteiger partial charge in [0.15, 0.2) is 0 Å². The van der Waals surface area contributed by atoms with Gasteiger partial charge in [0.1, 0.15) is 0 Å². The van der Waals surface area contributed by atoms with E-state index in [1.165, 1.54) is 35.1 Å². The van der Waals surface area contributed by atoms with Crippen molar-refractivity contribution in [1.29, 1.82) is 0 Å². The van der Waals surface area contributed by atoms with Crippen LogP contribution in [0.15, 0.2) is 12.1 Å². The Labute approximate surface area is 119 Å². The van der Waals surface area contributed by atoms with E-state index in [2.05, 4.69) is 39.8 Å². The highest BCUT2D eigenvalue weighted by Crippen LogP contribution is 2.29. The van der Waals surface area contributed by atoms with Crippen molar-refractivity contribution in [2.75, 3.05) is 0 Å². The molecule has 1 unspecified atom stereocenters. The number of unbranched alkanes of at least 4 members (excludes halogenated alkanes) is 2. The third kappa shape index (κ3) is 4.35. The van der Waals surface area contributed by atoms with E-state index in [1.54, 1.807) is 0 Å². The zero-order valence-electron chi connectivity index (χ0n) is 13.1. The number of hydrogen-bond donors (Lipinski definition) is 1. The lowest BCUT2D eigenvalue weighted by molar-refractivity contribution is 0.161. The first kappa shape index (κ1) is 16.2. The molecule has 0 saturated heterocycles. The third-order valence-corrected chi connectivity index (χ3v) is 4.00. The molecule has 0 radical (unpaired) electrons. The van der Waals surface area contributed by atoms with Crippen molar-refractivity contribution in [2.45, 2.75) is 78.7 Å². The fourth-order valence-electron chi connectivity index (χ4n) is 2.80. The average molecular weight is 262 g/mol. The Morgan fingerprint density at radius 1 is 0.895 bits per heavy atom. The number of aliphatic hydroxyl groups excluding tert-OH is 1. The van der Waals surface area contributed by atoms with Crippen molar-refractivity contribution in [3.05, 3.63) is 34.4 Å². The molecule has 0 spiro atoms. The molecule has 0 saturated carbocycles. The van der Waals surface area contributed by atoms with Crippen LogP contribution in [0.3, 0.4) is 0 Å². The summed E-state index contributed by atoms with van der Waals surface area (Å²) in [5.41, 5.74) is 5.32. The molecule has 0 heterocycles. The molecule has 0 aliphatic carbocycles. The summed E-state index contributed by atoms with van der Waals surface area (Å²) in [5, 5.41) is 10.5. The normalized spacial score (nSPS) is 12.7. The number of aryl methyl sites for hydroxylation is 3. The summed E-state index contributed by atoms with van der Waals surface area (Å²) in [6.45, 7) is 8.79. The summed E-state index contributed by atoms with van der Waals surface area (Å²) in [6, 6.07) is 4.58. The summed E-state index contributed by atoms with van der Waals surface area (Å²) >= 11 is 0. The smallest absolute Gasteiger partial charge is 0.0795 e. The molecule has 0 fully saturated rings. The first-order valence-electron chi connectivity index (χ1n) is 8.00. The Morgan fingerprint density at radius 2 is 1.47 bits per heavy atom. The summed E-state index contributed by atoms with van der Waals surface area (Å²) in [6.07, 6.45) is 7.28. The van der Waals surface area contributed by atoms with Crippen molar-refractivity contribution in [1.82, 2.24) is 0 Å². The van der Waals surface area contributed by atoms with Crippen LogP contribution in [0.4, 0.5) is 0 Å². The van der Waals surface area contributed by atoms with E-state index in [-0.39, 0.29) is 6.10 Å². The molecule has 1 aromatic carbocycles. The second-order valence-electron chi connectivity index (χ2n) is 5.40. The quantitative estimate of drug-likeness (QED) is 0.654. The van der Waals surface area contributed by atoms with E-state index in [4.69, 9.17) is 0 Å². The second-order valence-corrected chi connectivity index (χ2v) is 5.40. The number of benzene rings is 1. The van der Waals surface area contributed by atoms with Crippen molar-refractivity contribution >= 4 is 0 Å². The van der Waals surface area contributed by atoms with Crippen LogP contribution in [-0.4, -0.2) is 5.11 Å². The van der Waals surface area contributed by atoms with Crippen molar-refractivity contribution < 1.29 is 5.11 Å². The highest BCUT2D eigenvalue weighted by Gasteiger charge is 2.16. The average Bonchev–Trinajstić information content (AvgIpc) is 2.45. The lowest BCUT2D eigenvalue weighted by Crippen LogP contribution is -2.07. The number of hydrogen-bond acceptors (Lipinski definition) is 1. The fourth-order valence-corrected chi connectivity index (χ4v) is 2.80. The summed E-state index contributed by atoms with van der Waals surface area (Å²) in [5.74, 6) is 0. The SMILES string of the molecule is CCCCCC(O)c1c(CC)cc(CC)cc1CC. The molecule has 1 rings (SSSR count). The minimum atomic E-state index is -0.276. The van der Waals surface area contributed by atoms with Gasteiger partial charge in [0.2, 0.25) is 0 Å². The Morgan fingerprint density at radius 3 is 1.89 bits per heavy atom. The Bertz CT molecular complexity index is 356. The zero-order valence-corrected chi connectivity index (χ0v) is 13.1. The van der Waals surface area contributed by atoms with Crippen LogP contribution in [0, 0.1) is 0 Å². The molecule has 0 aliphatic heterocycles. The zero-order chi connectivity index (χ0) is 14.3. The van der Waals surface area contributed by atoms with Crippen LogP contribution >= 0.6 is 0 Å². The van der Waals surface area contributed by atoms with Crippen LogP contribution in [0.1, 0.15) is 81.7 Å². The molecular weight excluding hydrogens is 232 g/mol. The fraction of sp³-hybridized carbons (Fsp3) is 0.667. The highest BCUT2D eigenvalue weighted by atomic mass is 16.3. The first-order chi connectivity index (χ1) is 9.17. The van der Waals surface area contributed by atoms with E-state index >= 15 is 0 Å². The van der Waals surface area contributed by atoms with Gasteiger partial charge in [0.05, 0.1) is 6.10 Å². The predicted octanol–water partition coefficient (Wildman–Crippen LogP) is 4.99. The van der Waals surface area contributed by atoms with E-state index in [0.717, 1.165) is 32.1 Å². The standard InChI is InChI=1S/C18H30O/c1-5-9-10-11-17(19)18-15(7-3)12-14(6-2)13-16(18)8-4/h12-13,17,19H,5-11H2,1-4H3. The van der Waals surface area contributed by atoms with E-state index in [1.807, 2.05) is 0 Å². The highest BCUT2D eigenvalue weighted by molar-refractivity contribution is 5.41. The minimum absolute atomic E-state index is 0.276. The van der Waals surface area contributed by atoms with Gasteiger partial charge in [-0.2, -0.15) is 0 Å². The Balaban J connectivity index is 3.02. The molecule has 108 valence electrons. The van der Waals surface area contributed by atoms with E-state index in [9.17, 15) is 5.11 Å². The molecule has 0 aromatic heterocycles. The predicted molar refractivity (Wildman–Crippen MR) is 83.7 cm³/mol. The molecule has 1 aromatic rings. The van der Waals surface area contributed by atoms with Crippen LogP contribution in [0.5, 0.6) is 0 Å². The molecule has 1 heteroatoms. The van der Waals surface area contributed by atoms with Crippen LogP contribution < -0.4 is 0 Å². The minimum Gasteiger partial charge on any atom is -0.388 e. The molecule has 0 amide bonds. The van der Waals surface area contributed by atoms with Gasteiger partial charge in [-0.05, 0) is 47.9 Å². The summed E-state index contributed by atoms with van der Waals surface area (Å²) in [4.78, 5) is 0. The van der Waals surface area contributed by atoms with Crippen molar-refractivity contribution in [2.24, 2.45) is 0 Å². The molecule has 1 nitrogen and oxygen atoms in total. The van der Waals surface area contributed by atoms with Crippen LogP contribution in [0.25, 0.3) is 0 Å². The van der Waals surface area contributed by atoms with Gasteiger partial charge >= 0.3 is 0 Å². The summed E-state index contributed by atoms with van der Waals surface area (Å²) < 4.78 is 0. The van der Waals surface area contributed by atoms with Gasteiger partial charge in [-0.1, -0.05) is 59.1 Å². The lowest BCUT2D eigenvalue weighted by Gasteiger charge is -2.20. The second kappa shape index (κ2) is 8.37. The lowest BCUT2D eigenvalue weighted by atomic mass is 9.88. The van der Waals surface area contributed by atoms with Gasteiger partial charge in [0.25, 0.3) is 0 Å². The Hall–Kier alpha value is -0.820. The van der Waals surface area contributed by atoms with Crippen LogP contribution in [-0.2, 0) is 19.3 Å². The molecular formula is C18H30O. The summed E-state index contributed by atoms with van der Waals surface area (Å²) in [7, 11) is 0. The molecule has 0 bridgehead atoms. The molecule has 0 aliphatic rings. The molecule has 1 atom stereocenters. The number of rotatable bonds is 8. The first-order valence-corrected chi connectivity index (χ1v) is 8.00. The van der Waals surface area contributed by atoms with Gasteiger partial charge in [-0.25, -0.2) is 0 Å². The maximum absolute atomic E-state index is 10.5. The van der Waals surface area contributed by atoms with E-state index < -0.39 is 0 Å². The van der Waals surface area contributed by atoms with Gasteiger partial charge in [0, 0.05) is 0 Å². The van der Waals surface area contributed by atoms with Crippen molar-refractivity contribution in [3.8, 4) is 0 Å². The van der Waals surface area contributed by atoms with Gasteiger partial charge in [-0.3, -0.25) is 0 Å². The maximum atomic E-state index is 10.5. The monoisotopic (exact) mass is 262 g/mol. The Kier molecular flexibility index (Phi) is 7.15. The molecule has 19 heavy (non-hydrogen) atoms. The van der Waals surface area contributed by atoms with Gasteiger partial charge in [-0.15, -0.1) is 0 Å².